The topological polar surface area (TPSA) is 41.5 Å². The summed E-state index contributed by atoms with van der Waals surface area (Å²) in [5.74, 6) is 0.0260. The molecule has 2 aliphatic rings. The Kier molecular flexibility index (Phi) is 1.42. The Hall–Kier alpha value is -0.900. The lowest BCUT2D eigenvalue weighted by Gasteiger charge is -2.14. The molecule has 0 aliphatic carbocycles. The zero-order valence-corrected chi connectivity index (χ0v) is 7.13. The lowest BCUT2D eigenvalue weighted by Crippen LogP contribution is -2.30. The molecule has 3 nitrogen and oxygen atoms in total. The molecule has 2 heterocycles. The predicted octanol–water partition coefficient (Wildman–Crippen LogP) is 0.732. The number of rotatable bonds is 0. The van der Waals surface area contributed by atoms with Crippen molar-refractivity contribution >= 4 is 27.9 Å². The number of ketones is 1. The second-order valence-corrected chi connectivity index (χ2v) is 3.16. The average molecular weight is 213 g/mol. The van der Waals surface area contributed by atoms with Gasteiger partial charge in [0.15, 0.2) is 5.78 Å². The van der Waals surface area contributed by atoms with Gasteiger partial charge in [-0.25, -0.2) is 0 Å². The van der Waals surface area contributed by atoms with E-state index in [0.717, 1.165) is 4.48 Å². The summed E-state index contributed by atoms with van der Waals surface area (Å²) < 4.78 is 0.782. The Morgan fingerprint density at radius 3 is 3.18 bits per heavy atom. The van der Waals surface area contributed by atoms with E-state index in [-0.39, 0.29) is 11.9 Å². The molecule has 0 saturated heterocycles. The van der Waals surface area contributed by atoms with Crippen LogP contribution in [-0.2, 0) is 4.79 Å². The van der Waals surface area contributed by atoms with Crippen LogP contribution in [0.3, 0.4) is 0 Å². The molecule has 0 saturated carbocycles. The molecular weight excluding hydrogens is 208 g/mol. The predicted molar refractivity (Wildman–Crippen MR) is 45.5 cm³/mol. The van der Waals surface area contributed by atoms with Gasteiger partial charge in [0.05, 0.1) is 5.57 Å². The third-order valence-electron chi connectivity index (χ3n) is 1.62. The fraction of sp³-hybridized carbons (Fsp3) is 0.143. The SMILES string of the molecule is O=C1C=CN[C@H]2N=CC(Br)=C12. The van der Waals surface area contributed by atoms with Crippen molar-refractivity contribution in [2.45, 2.75) is 6.17 Å². The average Bonchev–Trinajstić information content (AvgIpc) is 2.34. The highest BCUT2D eigenvalue weighted by atomic mass is 79.9. The van der Waals surface area contributed by atoms with E-state index in [1.54, 1.807) is 12.4 Å². The zero-order chi connectivity index (χ0) is 7.84. The molecule has 0 spiro atoms. The van der Waals surface area contributed by atoms with Crippen LogP contribution in [-0.4, -0.2) is 18.2 Å². The summed E-state index contributed by atoms with van der Waals surface area (Å²) in [7, 11) is 0. The number of aliphatic imine (C=N–C) groups is 1. The molecule has 0 aromatic rings. The maximum absolute atomic E-state index is 11.2. The second-order valence-electron chi connectivity index (χ2n) is 2.31. The molecule has 2 rings (SSSR count). The Labute approximate surface area is 72.0 Å². The van der Waals surface area contributed by atoms with Crippen molar-refractivity contribution in [3.05, 3.63) is 22.3 Å². The van der Waals surface area contributed by atoms with Gasteiger partial charge in [0.25, 0.3) is 0 Å². The summed E-state index contributed by atoms with van der Waals surface area (Å²) in [6, 6.07) is 0. The minimum atomic E-state index is -0.165. The van der Waals surface area contributed by atoms with Crippen LogP contribution in [0.5, 0.6) is 0 Å². The molecule has 0 unspecified atom stereocenters. The standard InChI is InChI=1S/C7H5BrN2O/c8-4-3-10-7-6(4)5(11)1-2-9-7/h1-3,7,9H/t7-/m0/s1. The van der Waals surface area contributed by atoms with Crippen LogP contribution < -0.4 is 5.32 Å². The van der Waals surface area contributed by atoms with E-state index in [1.807, 2.05) is 0 Å². The molecule has 4 heteroatoms. The molecule has 0 aromatic heterocycles. The molecule has 0 radical (unpaired) electrons. The van der Waals surface area contributed by atoms with E-state index in [9.17, 15) is 4.79 Å². The van der Waals surface area contributed by atoms with Gasteiger partial charge in [0, 0.05) is 23.0 Å². The van der Waals surface area contributed by atoms with Gasteiger partial charge in [-0.15, -0.1) is 0 Å². The van der Waals surface area contributed by atoms with Gasteiger partial charge in [-0.1, -0.05) is 0 Å². The third-order valence-corrected chi connectivity index (χ3v) is 2.25. The zero-order valence-electron chi connectivity index (χ0n) is 5.54. The number of allylic oxidation sites excluding steroid dienone is 2. The van der Waals surface area contributed by atoms with Crippen LogP contribution in [0.15, 0.2) is 27.3 Å². The maximum atomic E-state index is 11.2. The van der Waals surface area contributed by atoms with Crippen molar-refractivity contribution in [1.82, 2.24) is 5.32 Å². The molecule has 1 N–H and O–H groups in total. The first kappa shape index (κ1) is 6.79. The van der Waals surface area contributed by atoms with E-state index in [2.05, 4.69) is 26.2 Å². The first-order valence-corrected chi connectivity index (χ1v) is 3.98. The molecule has 56 valence electrons. The number of nitrogens with one attached hydrogen (secondary N) is 1. The summed E-state index contributed by atoms with van der Waals surface area (Å²) in [5, 5.41) is 2.95. The van der Waals surface area contributed by atoms with Crippen LogP contribution in [0.1, 0.15) is 0 Å². The highest BCUT2D eigenvalue weighted by Gasteiger charge is 2.26. The maximum Gasteiger partial charge on any atom is 0.188 e. The van der Waals surface area contributed by atoms with Gasteiger partial charge in [0.1, 0.15) is 6.17 Å². The molecule has 0 amide bonds. The monoisotopic (exact) mass is 212 g/mol. The molecule has 0 aromatic carbocycles. The van der Waals surface area contributed by atoms with E-state index in [0.29, 0.717) is 5.57 Å². The highest BCUT2D eigenvalue weighted by molar-refractivity contribution is 9.12. The summed E-state index contributed by atoms with van der Waals surface area (Å²) in [5.41, 5.74) is 0.701. The van der Waals surface area contributed by atoms with Crippen molar-refractivity contribution in [2.24, 2.45) is 4.99 Å². The number of carbonyl (C=O) groups is 1. The van der Waals surface area contributed by atoms with Crippen LogP contribution in [0, 0.1) is 0 Å². The summed E-state index contributed by atoms with van der Waals surface area (Å²) in [6.07, 6.45) is 4.61. The molecule has 1 atom stereocenters. The quantitative estimate of drug-likeness (QED) is 0.644. The third kappa shape index (κ3) is 0.939. The number of halogens is 1. The molecule has 2 aliphatic heterocycles. The Morgan fingerprint density at radius 2 is 2.45 bits per heavy atom. The summed E-state index contributed by atoms with van der Waals surface area (Å²) >= 11 is 3.26. The Bertz CT molecular complexity index is 304. The van der Waals surface area contributed by atoms with E-state index in [1.165, 1.54) is 6.08 Å². The molecule has 11 heavy (non-hydrogen) atoms. The fourth-order valence-electron chi connectivity index (χ4n) is 1.10. The second kappa shape index (κ2) is 2.30. The van der Waals surface area contributed by atoms with Gasteiger partial charge in [-0.3, -0.25) is 9.79 Å². The van der Waals surface area contributed by atoms with Crippen LogP contribution in [0.25, 0.3) is 0 Å². The van der Waals surface area contributed by atoms with Crippen molar-refractivity contribution in [1.29, 1.82) is 0 Å². The Morgan fingerprint density at radius 1 is 1.64 bits per heavy atom. The fourth-order valence-corrected chi connectivity index (χ4v) is 1.63. The normalized spacial score (nSPS) is 27.4. The lowest BCUT2D eigenvalue weighted by molar-refractivity contribution is -0.111. The van der Waals surface area contributed by atoms with Crippen LogP contribution >= 0.6 is 15.9 Å². The largest absolute Gasteiger partial charge is 0.366 e. The minimum absolute atomic E-state index is 0.0260. The number of nitrogens with zero attached hydrogens (tertiary/aromatic N) is 1. The summed E-state index contributed by atoms with van der Waals surface area (Å²) in [4.78, 5) is 15.3. The smallest absolute Gasteiger partial charge is 0.188 e. The van der Waals surface area contributed by atoms with Gasteiger partial charge in [0.2, 0.25) is 0 Å². The molecule has 0 fully saturated rings. The van der Waals surface area contributed by atoms with E-state index < -0.39 is 0 Å². The van der Waals surface area contributed by atoms with Gasteiger partial charge >= 0.3 is 0 Å². The van der Waals surface area contributed by atoms with E-state index in [4.69, 9.17) is 0 Å². The number of hydrogen-bond donors (Lipinski definition) is 1. The van der Waals surface area contributed by atoms with Crippen LogP contribution in [0.4, 0.5) is 0 Å². The first-order valence-electron chi connectivity index (χ1n) is 3.19. The minimum Gasteiger partial charge on any atom is -0.366 e. The Balaban J connectivity index is 2.48. The van der Waals surface area contributed by atoms with Gasteiger partial charge in [-0.05, 0) is 15.9 Å². The van der Waals surface area contributed by atoms with Crippen LogP contribution in [0.2, 0.25) is 0 Å². The number of carbonyl (C=O) groups excluding carboxylic acids is 1. The highest BCUT2D eigenvalue weighted by Crippen LogP contribution is 2.23. The number of fused-ring (bicyclic) bond motifs is 1. The van der Waals surface area contributed by atoms with Gasteiger partial charge in [-0.2, -0.15) is 0 Å². The first-order chi connectivity index (χ1) is 5.29. The van der Waals surface area contributed by atoms with E-state index >= 15 is 0 Å². The summed E-state index contributed by atoms with van der Waals surface area (Å²) in [6.45, 7) is 0. The van der Waals surface area contributed by atoms with Crippen molar-refractivity contribution < 1.29 is 4.79 Å². The van der Waals surface area contributed by atoms with Crippen molar-refractivity contribution in [2.75, 3.05) is 0 Å². The molecular formula is C7H5BrN2O. The van der Waals surface area contributed by atoms with Crippen molar-refractivity contribution in [3.63, 3.8) is 0 Å². The van der Waals surface area contributed by atoms with Gasteiger partial charge < -0.3 is 5.32 Å². The van der Waals surface area contributed by atoms with Crippen molar-refractivity contribution in [3.8, 4) is 0 Å². The lowest BCUT2D eigenvalue weighted by atomic mass is 10.1. The number of hydrogen-bond acceptors (Lipinski definition) is 3. The molecule has 0 bridgehead atoms.